The van der Waals surface area contributed by atoms with Gasteiger partial charge in [0.2, 0.25) is 15.9 Å². The number of rotatable bonds is 5. The number of hydrogen-bond acceptors (Lipinski definition) is 3. The van der Waals surface area contributed by atoms with Gasteiger partial charge in [0.15, 0.2) is 11.6 Å². The molecule has 1 saturated heterocycles. The largest absolute Gasteiger partial charge is 0.352 e. The minimum absolute atomic E-state index is 0.106. The van der Waals surface area contributed by atoms with Crippen molar-refractivity contribution in [3.8, 4) is 0 Å². The fourth-order valence-corrected chi connectivity index (χ4v) is 4.67. The molecule has 0 spiro atoms. The van der Waals surface area contributed by atoms with Gasteiger partial charge in [0.25, 0.3) is 0 Å². The molecule has 0 aromatic heterocycles. The van der Waals surface area contributed by atoms with Crippen molar-refractivity contribution < 1.29 is 22.0 Å². The normalized spacial score (nSPS) is 16.1. The number of carbonyl (C=O) groups excluding carboxylic acids is 1. The van der Waals surface area contributed by atoms with Crippen molar-refractivity contribution in [3.63, 3.8) is 0 Å². The van der Waals surface area contributed by atoms with Gasteiger partial charge in [-0.1, -0.05) is 29.8 Å². The van der Waals surface area contributed by atoms with Gasteiger partial charge in [0.05, 0.1) is 4.90 Å². The van der Waals surface area contributed by atoms with Crippen molar-refractivity contribution in [2.45, 2.75) is 31.2 Å². The summed E-state index contributed by atoms with van der Waals surface area (Å²) in [7, 11) is -3.91. The highest BCUT2D eigenvalue weighted by Gasteiger charge is 2.32. The minimum Gasteiger partial charge on any atom is -0.352 e. The number of carbonyl (C=O) groups is 1. The zero-order valence-electron chi connectivity index (χ0n) is 15.5. The molecule has 8 heteroatoms. The summed E-state index contributed by atoms with van der Waals surface area (Å²) >= 11 is 0. The van der Waals surface area contributed by atoms with Crippen LogP contribution in [-0.2, 0) is 21.4 Å². The number of nitrogens with zero attached hydrogens (tertiary/aromatic N) is 1. The lowest BCUT2D eigenvalue weighted by Crippen LogP contribution is -2.42. The Labute approximate surface area is 163 Å². The maximum atomic E-state index is 13.4. The van der Waals surface area contributed by atoms with Crippen LogP contribution in [0.15, 0.2) is 47.4 Å². The van der Waals surface area contributed by atoms with Crippen LogP contribution in [0.4, 0.5) is 8.78 Å². The smallest absolute Gasteiger partial charge is 0.243 e. The predicted molar refractivity (Wildman–Crippen MR) is 101 cm³/mol. The molecule has 0 saturated carbocycles. The average molecular weight is 408 g/mol. The van der Waals surface area contributed by atoms with E-state index in [-0.39, 0.29) is 29.8 Å². The third-order valence-electron chi connectivity index (χ3n) is 4.94. The number of piperidine rings is 1. The minimum atomic E-state index is -3.91. The number of amides is 1. The molecule has 0 atom stereocenters. The topological polar surface area (TPSA) is 66.5 Å². The molecule has 5 nitrogen and oxygen atoms in total. The molecule has 1 aliphatic rings. The molecule has 150 valence electrons. The summed E-state index contributed by atoms with van der Waals surface area (Å²) < 4.78 is 52.9. The summed E-state index contributed by atoms with van der Waals surface area (Å²) in [6.45, 7) is 2.73. The summed E-state index contributed by atoms with van der Waals surface area (Å²) in [6.07, 6.45) is 0.755. The van der Waals surface area contributed by atoms with Gasteiger partial charge in [-0.15, -0.1) is 0 Å². The Balaban J connectivity index is 1.56. The number of sulfonamides is 1. The number of halogens is 2. The molecule has 0 unspecified atom stereocenters. The molecule has 28 heavy (non-hydrogen) atoms. The standard InChI is InChI=1S/C20H22F2N2O3S/c1-14-2-4-15(5-3-14)13-23-20(25)16-8-10-24(11-9-16)28(26,27)17-6-7-18(21)19(22)12-17/h2-7,12,16H,8-11,13H2,1H3,(H,23,25). The van der Waals surface area contributed by atoms with E-state index in [2.05, 4.69) is 5.32 Å². The molecule has 0 aliphatic carbocycles. The van der Waals surface area contributed by atoms with Crippen molar-refractivity contribution in [3.05, 3.63) is 65.2 Å². The maximum absolute atomic E-state index is 13.4. The maximum Gasteiger partial charge on any atom is 0.243 e. The van der Waals surface area contributed by atoms with E-state index in [0.29, 0.717) is 25.5 Å². The van der Waals surface area contributed by atoms with Gasteiger partial charge in [-0.05, 0) is 43.5 Å². The second kappa shape index (κ2) is 8.36. The first kappa shape index (κ1) is 20.4. The first-order valence-corrected chi connectivity index (χ1v) is 10.5. The van der Waals surface area contributed by atoms with Gasteiger partial charge in [-0.2, -0.15) is 4.31 Å². The van der Waals surface area contributed by atoms with Crippen molar-refractivity contribution >= 4 is 15.9 Å². The first-order valence-electron chi connectivity index (χ1n) is 9.06. The van der Waals surface area contributed by atoms with Crippen molar-refractivity contribution in [2.24, 2.45) is 5.92 Å². The summed E-state index contributed by atoms with van der Waals surface area (Å²) in [5.74, 6) is -2.68. The lowest BCUT2D eigenvalue weighted by molar-refractivity contribution is -0.126. The van der Waals surface area contributed by atoms with Crippen molar-refractivity contribution in [1.29, 1.82) is 0 Å². The van der Waals surface area contributed by atoms with E-state index in [1.807, 2.05) is 31.2 Å². The third kappa shape index (κ3) is 4.56. The molecule has 1 amide bonds. The third-order valence-corrected chi connectivity index (χ3v) is 6.84. The average Bonchev–Trinajstić information content (AvgIpc) is 2.69. The molecule has 2 aromatic carbocycles. The van der Waals surface area contributed by atoms with Gasteiger partial charge in [0.1, 0.15) is 0 Å². The van der Waals surface area contributed by atoms with Gasteiger partial charge in [-0.25, -0.2) is 17.2 Å². The Morgan fingerprint density at radius 2 is 1.71 bits per heavy atom. The summed E-state index contributed by atoms with van der Waals surface area (Å²) in [5, 5.41) is 2.89. The van der Waals surface area contributed by atoms with Crippen molar-refractivity contribution in [1.82, 2.24) is 9.62 Å². The van der Waals surface area contributed by atoms with Gasteiger partial charge >= 0.3 is 0 Å². The fraction of sp³-hybridized carbons (Fsp3) is 0.350. The van der Waals surface area contributed by atoms with E-state index in [1.165, 1.54) is 4.31 Å². The monoisotopic (exact) mass is 408 g/mol. The fourth-order valence-electron chi connectivity index (χ4n) is 3.18. The summed E-state index contributed by atoms with van der Waals surface area (Å²) in [6, 6.07) is 10.4. The highest BCUT2D eigenvalue weighted by molar-refractivity contribution is 7.89. The van der Waals surface area contributed by atoms with E-state index in [0.717, 1.165) is 23.3 Å². The second-order valence-electron chi connectivity index (χ2n) is 6.96. The van der Waals surface area contributed by atoms with E-state index >= 15 is 0 Å². The number of benzene rings is 2. The Kier molecular flexibility index (Phi) is 6.10. The molecule has 1 fully saturated rings. The van der Waals surface area contributed by atoms with Gasteiger partial charge < -0.3 is 5.32 Å². The molecular weight excluding hydrogens is 386 g/mol. The SMILES string of the molecule is Cc1ccc(CNC(=O)C2CCN(S(=O)(=O)c3ccc(F)c(F)c3)CC2)cc1. The van der Waals surface area contributed by atoms with E-state index in [9.17, 15) is 22.0 Å². The number of nitrogens with one attached hydrogen (secondary N) is 1. The van der Waals surface area contributed by atoms with Crippen LogP contribution < -0.4 is 5.32 Å². The van der Waals surface area contributed by atoms with Crippen LogP contribution in [0, 0.1) is 24.5 Å². The Morgan fingerprint density at radius 3 is 2.32 bits per heavy atom. The number of aryl methyl sites for hydroxylation is 1. The number of hydrogen-bond donors (Lipinski definition) is 1. The Hall–Kier alpha value is -2.32. The zero-order chi connectivity index (χ0) is 20.3. The Morgan fingerprint density at radius 1 is 1.07 bits per heavy atom. The van der Waals surface area contributed by atoms with Crippen LogP contribution in [0.3, 0.4) is 0 Å². The molecule has 0 radical (unpaired) electrons. The van der Waals surface area contributed by atoms with Crippen LogP contribution in [0.5, 0.6) is 0 Å². The molecule has 1 heterocycles. The van der Waals surface area contributed by atoms with E-state index < -0.39 is 21.7 Å². The zero-order valence-corrected chi connectivity index (χ0v) is 16.3. The van der Waals surface area contributed by atoms with E-state index in [4.69, 9.17) is 0 Å². The highest BCUT2D eigenvalue weighted by atomic mass is 32.2. The summed E-state index contributed by atoms with van der Waals surface area (Å²) in [4.78, 5) is 12.1. The van der Waals surface area contributed by atoms with Gasteiger partial charge in [0, 0.05) is 25.6 Å². The first-order chi connectivity index (χ1) is 13.3. The second-order valence-corrected chi connectivity index (χ2v) is 8.90. The van der Waals surface area contributed by atoms with Crippen LogP contribution >= 0.6 is 0 Å². The molecule has 3 rings (SSSR count). The molecule has 1 aliphatic heterocycles. The molecule has 1 N–H and O–H groups in total. The molecular formula is C20H22F2N2O3S. The quantitative estimate of drug-likeness (QED) is 0.827. The Bertz CT molecular complexity index is 954. The van der Waals surface area contributed by atoms with Gasteiger partial charge in [-0.3, -0.25) is 4.79 Å². The van der Waals surface area contributed by atoms with Crippen LogP contribution in [0.25, 0.3) is 0 Å². The predicted octanol–water partition coefficient (Wildman–Crippen LogP) is 2.99. The lowest BCUT2D eigenvalue weighted by Gasteiger charge is -2.30. The van der Waals surface area contributed by atoms with Crippen molar-refractivity contribution in [2.75, 3.05) is 13.1 Å². The summed E-state index contributed by atoms with van der Waals surface area (Å²) in [5.41, 5.74) is 2.14. The van der Waals surface area contributed by atoms with Crippen LogP contribution in [0.1, 0.15) is 24.0 Å². The van der Waals surface area contributed by atoms with E-state index in [1.54, 1.807) is 0 Å². The lowest BCUT2D eigenvalue weighted by atomic mass is 9.97. The van der Waals surface area contributed by atoms with Crippen LogP contribution in [0.2, 0.25) is 0 Å². The molecule has 2 aromatic rings. The molecule has 0 bridgehead atoms. The highest BCUT2D eigenvalue weighted by Crippen LogP contribution is 2.25. The van der Waals surface area contributed by atoms with Crippen LogP contribution in [-0.4, -0.2) is 31.7 Å².